The van der Waals surface area contributed by atoms with E-state index in [1.54, 1.807) is 0 Å². The predicted molar refractivity (Wildman–Crippen MR) is 46.8 cm³/mol. The molecule has 68 valence electrons. The van der Waals surface area contributed by atoms with Crippen molar-refractivity contribution in [3.63, 3.8) is 0 Å². The van der Waals surface area contributed by atoms with Crippen LogP contribution < -0.4 is 0 Å². The van der Waals surface area contributed by atoms with Crippen molar-refractivity contribution in [3.05, 3.63) is 12.2 Å². The van der Waals surface area contributed by atoms with Gasteiger partial charge in [0.05, 0.1) is 12.2 Å². The lowest BCUT2D eigenvalue weighted by atomic mass is 9.78. The number of fused-ring (bicyclic) bond motifs is 1. The third-order valence-electron chi connectivity index (χ3n) is 3.34. The molecule has 0 unspecified atom stereocenters. The highest BCUT2D eigenvalue weighted by atomic mass is 16.6. The monoisotopic (exact) mass is 168 g/mol. The second-order valence-corrected chi connectivity index (χ2v) is 4.32. The number of hydrogen-bond donors (Lipinski definition) is 1. The second kappa shape index (κ2) is 2.33. The van der Waals surface area contributed by atoms with E-state index >= 15 is 0 Å². The fourth-order valence-electron chi connectivity index (χ4n) is 2.11. The maximum atomic E-state index is 9.73. The molecule has 1 aliphatic carbocycles. The van der Waals surface area contributed by atoms with E-state index in [2.05, 4.69) is 6.58 Å². The molecule has 2 nitrogen and oxygen atoms in total. The number of aliphatic hydroxyl groups excluding tert-OH is 1. The number of rotatable bonds is 1. The normalized spacial score (nSPS) is 51.4. The molecule has 0 bridgehead atoms. The third kappa shape index (κ3) is 1.02. The number of hydrogen-bond acceptors (Lipinski definition) is 2. The van der Waals surface area contributed by atoms with Crippen molar-refractivity contribution in [2.45, 2.75) is 44.5 Å². The SMILES string of the molecule is C=C(C)[C@H]1C[C@@H](O)[C@]2(C)O[C@@H]2C1. The number of allylic oxidation sites excluding steroid dienone is 1. The topological polar surface area (TPSA) is 32.8 Å². The standard InChI is InChI=1S/C10H16O2/c1-6(2)7-4-8(11)10(3)9(5-7)12-10/h7-9,11H,1,4-5H2,2-3H3/t7-,8+,9+,10-/m0/s1. The van der Waals surface area contributed by atoms with Gasteiger partial charge in [-0.2, -0.15) is 0 Å². The summed E-state index contributed by atoms with van der Waals surface area (Å²) < 4.78 is 5.47. The Hall–Kier alpha value is -0.340. The van der Waals surface area contributed by atoms with E-state index < -0.39 is 0 Å². The first kappa shape index (κ1) is 8.27. The molecule has 1 N–H and O–H groups in total. The van der Waals surface area contributed by atoms with Crippen molar-refractivity contribution in [2.24, 2.45) is 5.92 Å². The molecule has 0 aromatic heterocycles. The summed E-state index contributed by atoms with van der Waals surface area (Å²) in [6.07, 6.45) is 1.85. The van der Waals surface area contributed by atoms with Gasteiger partial charge in [0.25, 0.3) is 0 Å². The maximum Gasteiger partial charge on any atom is 0.118 e. The summed E-state index contributed by atoms with van der Waals surface area (Å²) in [4.78, 5) is 0. The Balaban J connectivity index is 2.06. The van der Waals surface area contributed by atoms with Crippen molar-refractivity contribution in [3.8, 4) is 0 Å². The van der Waals surface area contributed by atoms with Crippen molar-refractivity contribution in [1.82, 2.24) is 0 Å². The van der Waals surface area contributed by atoms with Crippen LogP contribution in [0.25, 0.3) is 0 Å². The highest BCUT2D eigenvalue weighted by molar-refractivity contribution is 5.14. The van der Waals surface area contributed by atoms with Crippen LogP contribution >= 0.6 is 0 Å². The van der Waals surface area contributed by atoms with E-state index in [4.69, 9.17) is 4.74 Å². The first-order chi connectivity index (χ1) is 5.54. The summed E-state index contributed by atoms with van der Waals surface area (Å²) in [5.74, 6) is 0.459. The number of ether oxygens (including phenoxy) is 1. The average Bonchev–Trinajstić information content (AvgIpc) is 2.62. The molecule has 1 aliphatic heterocycles. The Morgan fingerprint density at radius 3 is 2.75 bits per heavy atom. The quantitative estimate of drug-likeness (QED) is 0.475. The first-order valence-electron chi connectivity index (χ1n) is 4.55. The van der Waals surface area contributed by atoms with E-state index in [1.165, 1.54) is 5.57 Å². The minimum Gasteiger partial charge on any atom is -0.390 e. The van der Waals surface area contributed by atoms with Gasteiger partial charge in [-0.1, -0.05) is 12.2 Å². The molecular formula is C10H16O2. The van der Waals surface area contributed by atoms with E-state index in [1.807, 2.05) is 13.8 Å². The van der Waals surface area contributed by atoms with Crippen LogP contribution in [0.15, 0.2) is 12.2 Å². The van der Waals surface area contributed by atoms with Crippen molar-refractivity contribution >= 4 is 0 Å². The summed E-state index contributed by atoms with van der Waals surface area (Å²) >= 11 is 0. The van der Waals surface area contributed by atoms with Crippen LogP contribution in [0, 0.1) is 5.92 Å². The molecule has 0 spiro atoms. The molecule has 0 aromatic carbocycles. The molecule has 4 atom stereocenters. The lowest BCUT2D eigenvalue weighted by Gasteiger charge is -2.27. The fraction of sp³-hybridized carbons (Fsp3) is 0.800. The Morgan fingerprint density at radius 2 is 2.25 bits per heavy atom. The molecule has 0 amide bonds. The summed E-state index contributed by atoms with van der Waals surface area (Å²) in [6.45, 7) is 7.95. The van der Waals surface area contributed by atoms with Gasteiger partial charge in [-0.25, -0.2) is 0 Å². The van der Waals surface area contributed by atoms with Gasteiger partial charge < -0.3 is 9.84 Å². The van der Waals surface area contributed by atoms with Crippen molar-refractivity contribution in [2.75, 3.05) is 0 Å². The van der Waals surface area contributed by atoms with E-state index in [9.17, 15) is 5.11 Å². The Bertz CT molecular complexity index is 224. The Kier molecular flexibility index (Phi) is 1.61. The fourth-order valence-corrected chi connectivity index (χ4v) is 2.11. The van der Waals surface area contributed by atoms with Crippen LogP contribution in [0.5, 0.6) is 0 Å². The van der Waals surface area contributed by atoms with E-state index in [-0.39, 0.29) is 17.8 Å². The van der Waals surface area contributed by atoms with Crippen molar-refractivity contribution < 1.29 is 9.84 Å². The summed E-state index contributed by atoms with van der Waals surface area (Å²) in [6, 6.07) is 0. The lowest BCUT2D eigenvalue weighted by molar-refractivity contribution is 0.0641. The molecule has 1 saturated carbocycles. The zero-order chi connectivity index (χ0) is 8.93. The molecule has 2 fully saturated rings. The zero-order valence-electron chi connectivity index (χ0n) is 7.71. The molecule has 2 heteroatoms. The lowest BCUT2D eigenvalue weighted by Crippen LogP contribution is -2.36. The van der Waals surface area contributed by atoms with Gasteiger partial charge in [0.2, 0.25) is 0 Å². The summed E-state index contributed by atoms with van der Waals surface area (Å²) in [7, 11) is 0. The smallest absolute Gasteiger partial charge is 0.118 e. The van der Waals surface area contributed by atoms with Crippen LogP contribution in [0.2, 0.25) is 0 Å². The molecular weight excluding hydrogens is 152 g/mol. The van der Waals surface area contributed by atoms with Gasteiger partial charge in [0.1, 0.15) is 5.60 Å². The molecule has 1 heterocycles. The first-order valence-corrected chi connectivity index (χ1v) is 4.55. The summed E-state index contributed by atoms with van der Waals surface area (Å²) in [5, 5.41) is 9.73. The largest absolute Gasteiger partial charge is 0.390 e. The minimum atomic E-state index is -0.294. The van der Waals surface area contributed by atoms with Gasteiger partial charge in [-0.15, -0.1) is 0 Å². The average molecular weight is 168 g/mol. The molecule has 0 radical (unpaired) electrons. The second-order valence-electron chi connectivity index (χ2n) is 4.32. The molecule has 0 aromatic rings. The van der Waals surface area contributed by atoms with Crippen LogP contribution in [0.1, 0.15) is 26.7 Å². The van der Waals surface area contributed by atoms with Gasteiger partial charge in [-0.3, -0.25) is 0 Å². The maximum absolute atomic E-state index is 9.73. The molecule has 2 aliphatic rings. The predicted octanol–water partition coefficient (Wildman–Crippen LogP) is 1.49. The van der Waals surface area contributed by atoms with Gasteiger partial charge in [-0.05, 0) is 32.6 Å². The molecule has 1 saturated heterocycles. The van der Waals surface area contributed by atoms with E-state index in [0.717, 1.165) is 12.8 Å². The zero-order valence-corrected chi connectivity index (χ0v) is 7.71. The Labute approximate surface area is 73.2 Å². The van der Waals surface area contributed by atoms with Crippen LogP contribution in [-0.2, 0) is 4.74 Å². The summed E-state index contributed by atoms with van der Waals surface area (Å²) in [5.41, 5.74) is 0.956. The number of epoxide rings is 1. The van der Waals surface area contributed by atoms with Gasteiger partial charge in [0, 0.05) is 0 Å². The highest BCUT2D eigenvalue weighted by Gasteiger charge is 2.60. The van der Waals surface area contributed by atoms with Crippen LogP contribution in [0.3, 0.4) is 0 Å². The number of aliphatic hydroxyl groups is 1. The van der Waals surface area contributed by atoms with Crippen LogP contribution in [0.4, 0.5) is 0 Å². The van der Waals surface area contributed by atoms with Crippen molar-refractivity contribution in [1.29, 1.82) is 0 Å². The highest BCUT2D eigenvalue weighted by Crippen LogP contribution is 2.50. The van der Waals surface area contributed by atoms with Gasteiger partial charge >= 0.3 is 0 Å². The molecule has 12 heavy (non-hydrogen) atoms. The minimum absolute atomic E-state index is 0.216. The van der Waals surface area contributed by atoms with E-state index in [0.29, 0.717) is 5.92 Å². The Morgan fingerprint density at radius 1 is 1.58 bits per heavy atom. The third-order valence-corrected chi connectivity index (χ3v) is 3.34. The molecule has 2 rings (SSSR count). The van der Waals surface area contributed by atoms with Gasteiger partial charge in [0.15, 0.2) is 0 Å². The van der Waals surface area contributed by atoms with Crippen LogP contribution in [-0.4, -0.2) is 22.9 Å².